The van der Waals surface area contributed by atoms with Crippen LogP contribution < -0.4 is 0 Å². The molecule has 0 saturated heterocycles. The Bertz CT molecular complexity index is 751. The maximum absolute atomic E-state index is 13.1. The number of allylic oxidation sites excluding steroid dienone is 1. The zero-order valence-electron chi connectivity index (χ0n) is 19.0. The number of aldehydes is 1. The molecule has 0 aliphatic carbocycles. The van der Waals surface area contributed by atoms with Gasteiger partial charge in [0.25, 0.3) is 0 Å². The highest BCUT2D eigenvalue weighted by molar-refractivity contribution is 5.65. The van der Waals surface area contributed by atoms with Gasteiger partial charge >= 0.3 is 0 Å². The lowest BCUT2D eigenvalue weighted by Crippen LogP contribution is -2.13. The summed E-state index contributed by atoms with van der Waals surface area (Å²) in [5.41, 5.74) is 4.67. The standard InChI is InChI=1S/C21H23FO.C6H14/c1-4-5-20(17-8-6-16(7-9-17)15(2)3)21(14-23)18-10-12-19(22)13-11-18;1-5-6(2,3)4/h6-14,20-21H,2,4-5H2,1,3H3;5H2,1-4H3. The third kappa shape index (κ3) is 8.35. The molecule has 0 N–H and O–H groups in total. The molecule has 158 valence electrons. The predicted molar refractivity (Wildman–Crippen MR) is 124 cm³/mol. The van der Waals surface area contributed by atoms with Crippen LogP contribution in [0.1, 0.15) is 89.3 Å². The number of carbonyl (C=O) groups is 1. The minimum absolute atomic E-state index is 0.0992. The third-order valence-electron chi connectivity index (χ3n) is 5.33. The number of benzene rings is 2. The predicted octanol–water partition coefficient (Wildman–Crippen LogP) is 8.17. The molecular weight excluding hydrogens is 359 g/mol. The van der Waals surface area contributed by atoms with Gasteiger partial charge in [-0.3, -0.25) is 0 Å². The summed E-state index contributed by atoms with van der Waals surface area (Å²) in [6.45, 7) is 17.0. The van der Waals surface area contributed by atoms with E-state index < -0.39 is 0 Å². The Morgan fingerprint density at radius 3 is 1.86 bits per heavy atom. The van der Waals surface area contributed by atoms with E-state index >= 15 is 0 Å². The minimum atomic E-state index is -0.281. The average Bonchev–Trinajstić information content (AvgIpc) is 2.69. The summed E-state index contributed by atoms with van der Waals surface area (Å²) in [6.07, 6.45) is 4.15. The molecule has 0 aliphatic heterocycles. The van der Waals surface area contributed by atoms with Gasteiger partial charge in [-0.2, -0.15) is 0 Å². The van der Waals surface area contributed by atoms with E-state index in [0.717, 1.165) is 41.4 Å². The number of rotatable bonds is 7. The molecule has 0 spiro atoms. The van der Waals surface area contributed by atoms with E-state index in [1.54, 1.807) is 12.1 Å². The second-order valence-electron chi connectivity index (χ2n) is 8.93. The zero-order chi connectivity index (χ0) is 22.0. The quantitative estimate of drug-likeness (QED) is 0.431. The van der Waals surface area contributed by atoms with Crippen LogP contribution in [-0.2, 0) is 4.79 Å². The van der Waals surface area contributed by atoms with Crippen LogP contribution in [0.3, 0.4) is 0 Å². The first-order valence-corrected chi connectivity index (χ1v) is 10.6. The molecule has 0 aromatic heterocycles. The van der Waals surface area contributed by atoms with Crippen LogP contribution in [-0.4, -0.2) is 6.29 Å². The SMILES string of the molecule is C=C(C)c1ccc(C(CCC)C(C=O)c2ccc(F)cc2)cc1.CCC(C)(C)C. The van der Waals surface area contributed by atoms with E-state index in [4.69, 9.17) is 0 Å². The third-order valence-corrected chi connectivity index (χ3v) is 5.33. The van der Waals surface area contributed by atoms with Crippen molar-refractivity contribution in [3.8, 4) is 0 Å². The Hall–Kier alpha value is -2.22. The van der Waals surface area contributed by atoms with E-state index in [9.17, 15) is 9.18 Å². The maximum atomic E-state index is 13.1. The van der Waals surface area contributed by atoms with Crippen molar-refractivity contribution in [2.24, 2.45) is 5.41 Å². The smallest absolute Gasteiger partial charge is 0.128 e. The van der Waals surface area contributed by atoms with Crippen molar-refractivity contribution >= 4 is 11.9 Å². The first-order valence-electron chi connectivity index (χ1n) is 10.6. The second kappa shape index (κ2) is 11.7. The van der Waals surface area contributed by atoms with E-state index in [1.807, 2.05) is 19.1 Å². The highest BCUT2D eigenvalue weighted by Gasteiger charge is 2.24. The summed E-state index contributed by atoms with van der Waals surface area (Å²) < 4.78 is 13.1. The van der Waals surface area contributed by atoms with Crippen LogP contribution in [0, 0.1) is 11.2 Å². The zero-order valence-corrected chi connectivity index (χ0v) is 19.0. The molecule has 0 bridgehead atoms. The van der Waals surface area contributed by atoms with Crippen LogP contribution in [0.4, 0.5) is 4.39 Å². The van der Waals surface area contributed by atoms with Gasteiger partial charge < -0.3 is 4.79 Å². The van der Waals surface area contributed by atoms with E-state index in [1.165, 1.54) is 18.6 Å². The Morgan fingerprint density at radius 1 is 1.00 bits per heavy atom. The monoisotopic (exact) mass is 396 g/mol. The minimum Gasteiger partial charge on any atom is -0.303 e. The second-order valence-corrected chi connectivity index (χ2v) is 8.93. The van der Waals surface area contributed by atoms with Crippen molar-refractivity contribution in [2.45, 2.75) is 72.6 Å². The summed E-state index contributed by atoms with van der Waals surface area (Å²) >= 11 is 0. The van der Waals surface area contributed by atoms with Gasteiger partial charge in [0.15, 0.2) is 0 Å². The molecule has 2 heteroatoms. The van der Waals surface area contributed by atoms with Crippen LogP contribution in [0.15, 0.2) is 55.1 Å². The first kappa shape index (κ1) is 24.8. The van der Waals surface area contributed by atoms with Crippen LogP contribution in [0.5, 0.6) is 0 Å². The maximum Gasteiger partial charge on any atom is 0.128 e. The van der Waals surface area contributed by atoms with Crippen LogP contribution >= 0.6 is 0 Å². The average molecular weight is 397 g/mol. The van der Waals surface area contributed by atoms with Gasteiger partial charge in [-0.1, -0.05) is 96.0 Å². The topological polar surface area (TPSA) is 17.1 Å². The molecular formula is C27H37FO. The molecule has 29 heavy (non-hydrogen) atoms. The van der Waals surface area contributed by atoms with Crippen molar-refractivity contribution in [3.63, 3.8) is 0 Å². The van der Waals surface area contributed by atoms with Gasteiger partial charge in [0.05, 0.1) is 0 Å². The summed E-state index contributed by atoms with van der Waals surface area (Å²) in [5, 5.41) is 0. The summed E-state index contributed by atoms with van der Waals surface area (Å²) in [7, 11) is 0. The Kier molecular flexibility index (Phi) is 10.0. The fraction of sp³-hybridized carbons (Fsp3) is 0.444. The molecule has 0 amide bonds. The van der Waals surface area contributed by atoms with Gasteiger partial charge in [0.1, 0.15) is 12.1 Å². The normalized spacial score (nSPS) is 13.1. The summed E-state index contributed by atoms with van der Waals surface area (Å²) in [6, 6.07) is 14.5. The molecule has 0 saturated carbocycles. The Morgan fingerprint density at radius 2 is 1.48 bits per heavy atom. The fourth-order valence-electron chi connectivity index (χ4n) is 2.97. The molecule has 0 heterocycles. The largest absolute Gasteiger partial charge is 0.303 e. The lowest BCUT2D eigenvalue weighted by atomic mass is 9.79. The number of hydrogen-bond acceptors (Lipinski definition) is 1. The Labute approximate surface area is 177 Å². The van der Waals surface area contributed by atoms with Crippen molar-refractivity contribution in [2.75, 3.05) is 0 Å². The molecule has 2 rings (SSSR count). The van der Waals surface area contributed by atoms with Gasteiger partial charge in [-0.15, -0.1) is 0 Å². The molecule has 2 unspecified atom stereocenters. The molecule has 2 atom stereocenters. The highest BCUT2D eigenvalue weighted by Crippen LogP contribution is 2.35. The molecule has 0 fully saturated rings. The van der Waals surface area contributed by atoms with Crippen molar-refractivity contribution in [3.05, 3.63) is 77.6 Å². The van der Waals surface area contributed by atoms with Crippen molar-refractivity contribution < 1.29 is 9.18 Å². The molecule has 1 nitrogen and oxygen atoms in total. The summed E-state index contributed by atoms with van der Waals surface area (Å²) in [5.74, 6) is -0.440. The van der Waals surface area contributed by atoms with Crippen molar-refractivity contribution in [1.82, 2.24) is 0 Å². The molecule has 0 radical (unpaired) electrons. The number of hydrogen-bond donors (Lipinski definition) is 0. The lowest BCUT2D eigenvalue weighted by Gasteiger charge is -2.24. The van der Waals surface area contributed by atoms with E-state index in [0.29, 0.717) is 5.41 Å². The van der Waals surface area contributed by atoms with Gasteiger partial charge in [-0.05, 0) is 53.5 Å². The Balaban J connectivity index is 0.000000612. The lowest BCUT2D eigenvalue weighted by molar-refractivity contribution is -0.109. The van der Waals surface area contributed by atoms with Gasteiger partial charge in [-0.25, -0.2) is 4.39 Å². The molecule has 2 aromatic rings. The van der Waals surface area contributed by atoms with Gasteiger partial charge in [0.2, 0.25) is 0 Å². The van der Waals surface area contributed by atoms with Crippen LogP contribution in [0.2, 0.25) is 0 Å². The van der Waals surface area contributed by atoms with Crippen LogP contribution in [0.25, 0.3) is 5.57 Å². The fourth-order valence-corrected chi connectivity index (χ4v) is 2.97. The number of carbonyl (C=O) groups excluding carboxylic acids is 1. The van der Waals surface area contributed by atoms with Crippen molar-refractivity contribution in [1.29, 1.82) is 0 Å². The molecule has 2 aromatic carbocycles. The first-order chi connectivity index (χ1) is 13.6. The van der Waals surface area contributed by atoms with Gasteiger partial charge in [0, 0.05) is 5.92 Å². The van der Waals surface area contributed by atoms with E-state index in [2.05, 4.69) is 53.3 Å². The number of halogens is 1. The van der Waals surface area contributed by atoms with E-state index in [-0.39, 0.29) is 17.7 Å². The summed E-state index contributed by atoms with van der Waals surface area (Å²) in [4.78, 5) is 11.7. The highest BCUT2D eigenvalue weighted by atomic mass is 19.1. The molecule has 0 aliphatic rings.